The van der Waals surface area contributed by atoms with E-state index in [2.05, 4.69) is 10.6 Å². The highest BCUT2D eigenvalue weighted by Gasteiger charge is 2.37. The largest absolute Gasteiger partial charge is 0.497 e. The Balaban J connectivity index is 1.97. The average Bonchev–Trinajstić information content (AvgIpc) is 2.52. The number of urea groups is 1. The average molecular weight is 322 g/mol. The number of ether oxygens (including phenoxy) is 2. The van der Waals surface area contributed by atoms with Crippen molar-refractivity contribution in [3.8, 4) is 5.75 Å². The molecule has 2 atom stereocenters. The van der Waals surface area contributed by atoms with E-state index in [0.29, 0.717) is 11.4 Å². The first-order valence-corrected chi connectivity index (χ1v) is 7.37. The van der Waals surface area contributed by atoms with Crippen LogP contribution in [0.4, 0.5) is 4.79 Å². The molecule has 0 spiro atoms. The standard InChI is InChI=1S/C15H18N2O4S/c1-3-11-12(16-15(19)17-13(11)22)14(18)21-8-9-4-6-10(20-2)7-5-9/h4-7,11-12H,3,8H2,1-2H3,(H2,16,17,19,22)/t11-,12+/m1/s1. The fourth-order valence-corrected chi connectivity index (χ4v) is 2.64. The Morgan fingerprint density at radius 2 is 2.00 bits per heavy atom. The molecule has 0 bridgehead atoms. The fourth-order valence-electron chi connectivity index (χ4n) is 2.24. The summed E-state index contributed by atoms with van der Waals surface area (Å²) in [5, 5.41) is 5.08. The molecule has 1 aliphatic rings. The molecule has 1 aromatic rings. The van der Waals surface area contributed by atoms with Gasteiger partial charge in [0, 0.05) is 5.92 Å². The maximum Gasteiger partial charge on any atom is 0.329 e. The zero-order valence-corrected chi connectivity index (χ0v) is 13.2. The van der Waals surface area contributed by atoms with Crippen molar-refractivity contribution in [1.82, 2.24) is 10.6 Å². The van der Waals surface area contributed by atoms with Gasteiger partial charge in [0.2, 0.25) is 0 Å². The lowest BCUT2D eigenvalue weighted by Gasteiger charge is -2.31. The number of rotatable bonds is 5. The summed E-state index contributed by atoms with van der Waals surface area (Å²) >= 11 is 5.11. The van der Waals surface area contributed by atoms with Crippen LogP contribution in [0.25, 0.3) is 0 Å². The van der Waals surface area contributed by atoms with Gasteiger partial charge in [-0.3, -0.25) is 0 Å². The second-order valence-electron chi connectivity index (χ2n) is 4.91. The van der Waals surface area contributed by atoms with Gasteiger partial charge in [0.15, 0.2) is 0 Å². The zero-order valence-electron chi connectivity index (χ0n) is 12.4. The predicted molar refractivity (Wildman–Crippen MR) is 84.6 cm³/mol. The second kappa shape index (κ2) is 7.22. The van der Waals surface area contributed by atoms with Gasteiger partial charge in [0.05, 0.1) is 12.1 Å². The maximum atomic E-state index is 12.2. The molecule has 7 heteroatoms. The Kier molecular flexibility index (Phi) is 5.32. The van der Waals surface area contributed by atoms with Crippen LogP contribution in [-0.4, -0.2) is 30.1 Å². The summed E-state index contributed by atoms with van der Waals surface area (Å²) in [6, 6.07) is 5.99. The molecule has 1 heterocycles. The van der Waals surface area contributed by atoms with Crippen molar-refractivity contribution in [2.75, 3.05) is 7.11 Å². The monoisotopic (exact) mass is 322 g/mol. The van der Waals surface area contributed by atoms with Gasteiger partial charge < -0.3 is 20.1 Å². The molecule has 2 N–H and O–H groups in total. The molecule has 0 unspecified atom stereocenters. The first kappa shape index (κ1) is 16.2. The number of nitrogens with one attached hydrogen (secondary N) is 2. The lowest BCUT2D eigenvalue weighted by Crippen LogP contribution is -2.60. The van der Waals surface area contributed by atoms with Crippen LogP contribution >= 0.6 is 12.2 Å². The normalized spacial score (nSPS) is 20.8. The molecule has 0 aromatic heterocycles. The minimum atomic E-state index is -0.746. The van der Waals surface area contributed by atoms with Crippen molar-refractivity contribution in [3.05, 3.63) is 29.8 Å². The molecule has 0 aliphatic carbocycles. The smallest absolute Gasteiger partial charge is 0.329 e. The van der Waals surface area contributed by atoms with Gasteiger partial charge in [0.1, 0.15) is 18.4 Å². The maximum absolute atomic E-state index is 12.2. The van der Waals surface area contributed by atoms with Gasteiger partial charge in [-0.25, -0.2) is 9.59 Å². The first-order chi connectivity index (χ1) is 10.5. The molecule has 1 aliphatic heterocycles. The number of hydrogen-bond acceptors (Lipinski definition) is 5. The van der Waals surface area contributed by atoms with Crippen molar-refractivity contribution >= 4 is 29.2 Å². The van der Waals surface area contributed by atoms with E-state index in [9.17, 15) is 9.59 Å². The molecule has 1 saturated heterocycles. The molecule has 22 heavy (non-hydrogen) atoms. The molecule has 1 fully saturated rings. The second-order valence-corrected chi connectivity index (χ2v) is 5.35. The van der Waals surface area contributed by atoms with E-state index in [0.717, 1.165) is 11.3 Å². The van der Waals surface area contributed by atoms with Crippen molar-refractivity contribution in [2.24, 2.45) is 5.92 Å². The van der Waals surface area contributed by atoms with E-state index in [1.54, 1.807) is 19.2 Å². The van der Waals surface area contributed by atoms with Gasteiger partial charge in [-0.05, 0) is 24.1 Å². The molecular weight excluding hydrogens is 304 g/mol. The summed E-state index contributed by atoms with van der Waals surface area (Å²) in [7, 11) is 1.59. The van der Waals surface area contributed by atoms with E-state index in [4.69, 9.17) is 21.7 Å². The Bertz CT molecular complexity index is 573. The Hall–Kier alpha value is -2.15. The highest BCUT2D eigenvalue weighted by molar-refractivity contribution is 7.80. The minimum Gasteiger partial charge on any atom is -0.497 e. The molecule has 6 nitrogen and oxygen atoms in total. The number of thiocarbonyl (C=S) groups is 1. The van der Waals surface area contributed by atoms with Crippen LogP contribution in [0.15, 0.2) is 24.3 Å². The number of esters is 1. The van der Waals surface area contributed by atoms with Crippen molar-refractivity contribution in [3.63, 3.8) is 0 Å². The predicted octanol–water partition coefficient (Wildman–Crippen LogP) is 1.77. The molecular formula is C15H18N2O4S. The van der Waals surface area contributed by atoms with Gasteiger partial charge in [0.25, 0.3) is 0 Å². The van der Waals surface area contributed by atoms with Gasteiger partial charge in [-0.1, -0.05) is 31.3 Å². The Labute approximate surface area is 134 Å². The lowest BCUT2D eigenvalue weighted by atomic mass is 9.95. The van der Waals surface area contributed by atoms with E-state index >= 15 is 0 Å². The summed E-state index contributed by atoms with van der Waals surface area (Å²) in [6.07, 6.45) is 0.633. The van der Waals surface area contributed by atoms with Gasteiger partial charge >= 0.3 is 12.0 Å². The fraction of sp³-hybridized carbons (Fsp3) is 0.400. The van der Waals surface area contributed by atoms with Crippen LogP contribution in [0, 0.1) is 5.92 Å². The van der Waals surface area contributed by atoms with Crippen LogP contribution in [0.2, 0.25) is 0 Å². The zero-order chi connectivity index (χ0) is 16.1. The molecule has 118 valence electrons. The first-order valence-electron chi connectivity index (χ1n) is 6.96. The summed E-state index contributed by atoms with van der Waals surface area (Å²) in [6.45, 7) is 2.03. The van der Waals surface area contributed by atoms with E-state index in [1.165, 1.54) is 0 Å². The number of hydrogen-bond donors (Lipinski definition) is 2. The van der Waals surface area contributed by atoms with Crippen LogP contribution in [0.1, 0.15) is 18.9 Å². The van der Waals surface area contributed by atoms with E-state index < -0.39 is 18.0 Å². The topological polar surface area (TPSA) is 76.7 Å². The summed E-state index contributed by atoms with van der Waals surface area (Å²) in [5.74, 6) is -0.00646. The molecule has 0 radical (unpaired) electrons. The Morgan fingerprint density at radius 1 is 1.32 bits per heavy atom. The van der Waals surface area contributed by atoms with E-state index in [-0.39, 0.29) is 12.5 Å². The number of carbonyl (C=O) groups is 2. The third-order valence-electron chi connectivity index (χ3n) is 3.50. The third-order valence-corrected chi connectivity index (χ3v) is 3.90. The highest BCUT2D eigenvalue weighted by Crippen LogP contribution is 2.17. The minimum absolute atomic E-state index is 0.131. The van der Waals surface area contributed by atoms with Gasteiger partial charge in [-0.2, -0.15) is 0 Å². The quantitative estimate of drug-likeness (QED) is 0.638. The molecule has 1 aromatic carbocycles. The molecule has 2 amide bonds. The summed E-state index contributed by atoms with van der Waals surface area (Å²) in [5.41, 5.74) is 0.838. The van der Waals surface area contributed by atoms with Crippen molar-refractivity contribution in [1.29, 1.82) is 0 Å². The third kappa shape index (κ3) is 3.73. The van der Waals surface area contributed by atoms with Crippen molar-refractivity contribution in [2.45, 2.75) is 26.0 Å². The molecule has 2 rings (SSSR count). The SMILES string of the molecule is CC[C@H]1C(=S)NC(=O)N[C@@H]1C(=O)OCc1ccc(OC)cc1. The van der Waals surface area contributed by atoms with Crippen molar-refractivity contribution < 1.29 is 19.1 Å². The summed E-state index contributed by atoms with van der Waals surface area (Å²) < 4.78 is 10.4. The van der Waals surface area contributed by atoms with Crippen LogP contribution in [0.5, 0.6) is 5.75 Å². The van der Waals surface area contributed by atoms with E-state index in [1.807, 2.05) is 19.1 Å². The number of carbonyl (C=O) groups excluding carboxylic acids is 2. The van der Waals surface area contributed by atoms with Crippen LogP contribution in [0.3, 0.4) is 0 Å². The highest BCUT2D eigenvalue weighted by atomic mass is 32.1. The number of amides is 2. The Morgan fingerprint density at radius 3 is 2.59 bits per heavy atom. The lowest BCUT2D eigenvalue weighted by molar-refractivity contribution is -0.148. The van der Waals surface area contributed by atoms with Crippen LogP contribution < -0.4 is 15.4 Å². The van der Waals surface area contributed by atoms with Crippen LogP contribution in [-0.2, 0) is 16.1 Å². The summed E-state index contributed by atoms with van der Waals surface area (Å²) in [4.78, 5) is 24.0. The van der Waals surface area contributed by atoms with Gasteiger partial charge in [-0.15, -0.1) is 0 Å². The molecule has 0 saturated carbocycles. The number of methoxy groups -OCH3 is 1. The number of benzene rings is 1.